The van der Waals surface area contributed by atoms with Gasteiger partial charge in [0.05, 0.1) is 23.1 Å². The SMILES string of the molecule is CCn1c(CN(C)C(=O)c2ccccc2O)nc2ccccc21. The number of hydrogen-bond acceptors (Lipinski definition) is 3. The van der Waals surface area contributed by atoms with Crippen LogP contribution in [0, 0.1) is 0 Å². The highest BCUT2D eigenvalue weighted by Crippen LogP contribution is 2.20. The maximum absolute atomic E-state index is 12.5. The third-order valence-corrected chi connectivity index (χ3v) is 3.91. The van der Waals surface area contributed by atoms with E-state index in [2.05, 4.69) is 16.5 Å². The Bertz CT molecular complexity index is 854. The van der Waals surface area contributed by atoms with Crippen molar-refractivity contribution in [2.75, 3.05) is 7.05 Å². The van der Waals surface area contributed by atoms with E-state index in [1.807, 2.05) is 24.3 Å². The molecule has 0 fully saturated rings. The zero-order chi connectivity index (χ0) is 16.4. The molecule has 0 saturated heterocycles. The number of phenolic OH excluding ortho intramolecular Hbond substituents is 1. The molecule has 2 aromatic carbocycles. The standard InChI is InChI=1S/C18H19N3O2/c1-3-21-15-10-6-5-9-14(15)19-17(21)12-20(2)18(23)13-8-4-7-11-16(13)22/h4-11,22H,3,12H2,1-2H3. The molecule has 0 spiro atoms. The van der Waals surface area contributed by atoms with Crippen LogP contribution in [-0.4, -0.2) is 32.5 Å². The highest BCUT2D eigenvalue weighted by atomic mass is 16.3. The molecule has 1 amide bonds. The van der Waals surface area contributed by atoms with Crippen LogP contribution in [0.4, 0.5) is 0 Å². The zero-order valence-corrected chi connectivity index (χ0v) is 13.2. The van der Waals surface area contributed by atoms with Crippen molar-refractivity contribution in [1.29, 1.82) is 0 Å². The second-order valence-electron chi connectivity index (χ2n) is 5.44. The Kier molecular flexibility index (Phi) is 4.02. The van der Waals surface area contributed by atoms with Gasteiger partial charge in [-0.2, -0.15) is 0 Å². The molecule has 0 aliphatic carbocycles. The Labute approximate surface area is 134 Å². The molecular formula is C18H19N3O2. The lowest BCUT2D eigenvalue weighted by molar-refractivity contribution is 0.0777. The normalized spacial score (nSPS) is 10.9. The number of hydrogen-bond donors (Lipinski definition) is 1. The van der Waals surface area contributed by atoms with Crippen molar-refractivity contribution in [3.8, 4) is 5.75 Å². The summed E-state index contributed by atoms with van der Waals surface area (Å²) in [5.74, 6) is 0.603. The third kappa shape index (κ3) is 2.77. The van der Waals surface area contributed by atoms with Gasteiger partial charge in [0.15, 0.2) is 0 Å². The Morgan fingerprint density at radius 1 is 1.17 bits per heavy atom. The number of nitrogens with zero attached hydrogens (tertiary/aromatic N) is 3. The molecule has 0 aliphatic heterocycles. The van der Waals surface area contributed by atoms with E-state index in [1.165, 1.54) is 6.07 Å². The Morgan fingerprint density at radius 2 is 1.87 bits per heavy atom. The van der Waals surface area contributed by atoms with Crippen molar-refractivity contribution >= 4 is 16.9 Å². The second kappa shape index (κ2) is 6.12. The van der Waals surface area contributed by atoms with E-state index in [-0.39, 0.29) is 11.7 Å². The number of imidazole rings is 1. The van der Waals surface area contributed by atoms with Crippen LogP contribution < -0.4 is 0 Å². The van der Waals surface area contributed by atoms with Gasteiger partial charge in [-0.05, 0) is 31.2 Å². The molecule has 0 aliphatic rings. The Hall–Kier alpha value is -2.82. The predicted molar refractivity (Wildman–Crippen MR) is 89.3 cm³/mol. The fourth-order valence-electron chi connectivity index (χ4n) is 2.74. The highest BCUT2D eigenvalue weighted by Gasteiger charge is 2.18. The third-order valence-electron chi connectivity index (χ3n) is 3.91. The summed E-state index contributed by atoms with van der Waals surface area (Å²) in [4.78, 5) is 18.7. The van der Waals surface area contributed by atoms with E-state index >= 15 is 0 Å². The van der Waals surface area contributed by atoms with Crippen molar-refractivity contribution in [2.45, 2.75) is 20.0 Å². The van der Waals surface area contributed by atoms with Gasteiger partial charge in [0.2, 0.25) is 0 Å². The average molecular weight is 309 g/mol. The van der Waals surface area contributed by atoms with Crippen LogP contribution in [0.3, 0.4) is 0 Å². The smallest absolute Gasteiger partial charge is 0.257 e. The van der Waals surface area contributed by atoms with Gasteiger partial charge >= 0.3 is 0 Å². The van der Waals surface area contributed by atoms with Crippen molar-refractivity contribution < 1.29 is 9.90 Å². The van der Waals surface area contributed by atoms with Gasteiger partial charge in [0.1, 0.15) is 11.6 Å². The average Bonchev–Trinajstić information content (AvgIpc) is 2.91. The Balaban J connectivity index is 1.90. The largest absolute Gasteiger partial charge is 0.507 e. The monoisotopic (exact) mass is 309 g/mol. The van der Waals surface area contributed by atoms with Crippen LogP contribution in [0.5, 0.6) is 5.75 Å². The van der Waals surface area contributed by atoms with E-state index in [9.17, 15) is 9.90 Å². The first kappa shape index (κ1) is 15.1. The van der Waals surface area contributed by atoms with E-state index in [0.29, 0.717) is 12.1 Å². The van der Waals surface area contributed by atoms with E-state index in [1.54, 1.807) is 30.1 Å². The predicted octanol–water partition coefficient (Wildman–Crippen LogP) is 3.03. The molecule has 5 heteroatoms. The summed E-state index contributed by atoms with van der Waals surface area (Å²) in [5, 5.41) is 9.84. The molecular weight excluding hydrogens is 290 g/mol. The first-order chi connectivity index (χ1) is 11.1. The maximum Gasteiger partial charge on any atom is 0.257 e. The number of benzene rings is 2. The molecule has 0 unspecified atom stereocenters. The van der Waals surface area contributed by atoms with Crippen molar-refractivity contribution in [1.82, 2.24) is 14.5 Å². The zero-order valence-electron chi connectivity index (χ0n) is 13.2. The number of aromatic hydroxyl groups is 1. The quantitative estimate of drug-likeness (QED) is 0.806. The van der Waals surface area contributed by atoms with Gasteiger partial charge < -0.3 is 14.6 Å². The van der Waals surface area contributed by atoms with Gasteiger partial charge in [-0.3, -0.25) is 4.79 Å². The summed E-state index contributed by atoms with van der Waals surface area (Å²) in [6.07, 6.45) is 0. The molecule has 0 saturated carbocycles. The van der Waals surface area contributed by atoms with Gasteiger partial charge in [0.25, 0.3) is 5.91 Å². The fraction of sp³-hybridized carbons (Fsp3) is 0.222. The molecule has 1 N–H and O–H groups in total. The lowest BCUT2D eigenvalue weighted by Gasteiger charge is -2.18. The number of fused-ring (bicyclic) bond motifs is 1. The van der Waals surface area contributed by atoms with E-state index in [4.69, 9.17) is 0 Å². The molecule has 0 radical (unpaired) electrons. The second-order valence-corrected chi connectivity index (χ2v) is 5.44. The number of carbonyl (C=O) groups is 1. The number of aromatic nitrogens is 2. The summed E-state index contributed by atoms with van der Waals surface area (Å²) >= 11 is 0. The number of rotatable bonds is 4. The number of carbonyl (C=O) groups excluding carboxylic acids is 1. The summed E-state index contributed by atoms with van der Waals surface area (Å²) in [6.45, 7) is 3.23. The van der Waals surface area contributed by atoms with Crippen molar-refractivity contribution in [2.24, 2.45) is 0 Å². The molecule has 0 atom stereocenters. The maximum atomic E-state index is 12.5. The number of amides is 1. The molecule has 3 aromatic rings. The van der Waals surface area contributed by atoms with Gasteiger partial charge in [-0.15, -0.1) is 0 Å². The van der Waals surface area contributed by atoms with Crippen molar-refractivity contribution in [3.05, 3.63) is 59.9 Å². The van der Waals surface area contributed by atoms with Crippen LogP contribution in [0.25, 0.3) is 11.0 Å². The van der Waals surface area contributed by atoms with Crippen LogP contribution in [0.1, 0.15) is 23.1 Å². The fourth-order valence-corrected chi connectivity index (χ4v) is 2.74. The van der Waals surface area contributed by atoms with Crippen molar-refractivity contribution in [3.63, 3.8) is 0 Å². The van der Waals surface area contributed by atoms with Gasteiger partial charge in [0, 0.05) is 13.6 Å². The molecule has 118 valence electrons. The molecule has 1 heterocycles. The minimum atomic E-state index is -0.224. The first-order valence-electron chi connectivity index (χ1n) is 7.59. The van der Waals surface area contributed by atoms with E-state index in [0.717, 1.165) is 23.4 Å². The first-order valence-corrected chi connectivity index (χ1v) is 7.59. The lowest BCUT2D eigenvalue weighted by Crippen LogP contribution is -2.27. The topological polar surface area (TPSA) is 58.4 Å². The number of phenols is 1. The summed E-state index contributed by atoms with van der Waals surface area (Å²) in [6, 6.07) is 14.5. The van der Waals surface area contributed by atoms with E-state index < -0.39 is 0 Å². The number of para-hydroxylation sites is 3. The molecule has 23 heavy (non-hydrogen) atoms. The number of aryl methyl sites for hydroxylation is 1. The minimum Gasteiger partial charge on any atom is -0.507 e. The van der Waals surface area contributed by atoms with Crippen LogP contribution in [-0.2, 0) is 13.1 Å². The summed E-state index contributed by atoms with van der Waals surface area (Å²) in [5.41, 5.74) is 2.29. The molecule has 5 nitrogen and oxygen atoms in total. The van der Waals surface area contributed by atoms with Crippen LogP contribution >= 0.6 is 0 Å². The van der Waals surface area contributed by atoms with Gasteiger partial charge in [-0.25, -0.2) is 4.98 Å². The highest BCUT2D eigenvalue weighted by molar-refractivity contribution is 5.96. The summed E-state index contributed by atoms with van der Waals surface area (Å²) < 4.78 is 2.10. The van der Waals surface area contributed by atoms with Crippen LogP contribution in [0.2, 0.25) is 0 Å². The lowest BCUT2D eigenvalue weighted by atomic mass is 10.2. The Morgan fingerprint density at radius 3 is 2.61 bits per heavy atom. The van der Waals surface area contributed by atoms with Crippen LogP contribution in [0.15, 0.2) is 48.5 Å². The summed E-state index contributed by atoms with van der Waals surface area (Å²) in [7, 11) is 1.72. The van der Waals surface area contributed by atoms with Gasteiger partial charge in [-0.1, -0.05) is 24.3 Å². The molecule has 0 bridgehead atoms. The molecule has 3 rings (SSSR count). The minimum absolute atomic E-state index is 0.00616. The molecule has 1 aromatic heterocycles.